The largest absolute Gasteiger partial charge is 0.465 e. The molecule has 2 fully saturated rings. The van der Waals surface area contributed by atoms with Crippen molar-refractivity contribution in [2.45, 2.75) is 12.1 Å². The quantitative estimate of drug-likeness (QED) is 0.280. The van der Waals surface area contributed by atoms with Gasteiger partial charge in [0.15, 0.2) is 5.11 Å². The monoisotopic (exact) mass is 539 g/mol. The molecule has 0 bridgehead atoms. The van der Waals surface area contributed by atoms with E-state index in [0.717, 1.165) is 49.1 Å². The van der Waals surface area contributed by atoms with Crippen LogP contribution in [0.2, 0.25) is 0 Å². The number of pyridine rings is 1. The summed E-state index contributed by atoms with van der Waals surface area (Å²) in [5.41, 5.74) is 5.57. The first-order valence-corrected chi connectivity index (χ1v) is 13.3. The molecule has 0 aliphatic carbocycles. The van der Waals surface area contributed by atoms with Gasteiger partial charge >= 0.3 is 5.97 Å². The van der Waals surface area contributed by atoms with Crippen molar-refractivity contribution in [3.8, 4) is 5.69 Å². The van der Waals surface area contributed by atoms with Crippen molar-refractivity contribution in [1.82, 2.24) is 14.9 Å². The molecule has 198 valence electrons. The minimum Gasteiger partial charge on any atom is -0.465 e. The van der Waals surface area contributed by atoms with E-state index >= 15 is 0 Å². The van der Waals surface area contributed by atoms with Gasteiger partial charge in [0.05, 0.1) is 37.6 Å². The predicted molar refractivity (Wildman–Crippen MR) is 155 cm³/mol. The van der Waals surface area contributed by atoms with Crippen LogP contribution in [0, 0.1) is 0 Å². The summed E-state index contributed by atoms with van der Waals surface area (Å²) in [6.45, 7) is 3.26. The van der Waals surface area contributed by atoms with Crippen LogP contribution in [0.3, 0.4) is 0 Å². The van der Waals surface area contributed by atoms with Crippen LogP contribution in [0.4, 0.5) is 11.4 Å². The molecule has 39 heavy (non-hydrogen) atoms. The molecule has 2 saturated heterocycles. The van der Waals surface area contributed by atoms with Crippen LogP contribution in [0.15, 0.2) is 91.3 Å². The van der Waals surface area contributed by atoms with Gasteiger partial charge in [-0.1, -0.05) is 6.07 Å². The number of rotatable bonds is 6. The molecule has 0 radical (unpaired) electrons. The van der Waals surface area contributed by atoms with Gasteiger partial charge in [-0.15, -0.1) is 0 Å². The highest BCUT2D eigenvalue weighted by Gasteiger charge is 2.42. The Hall–Kier alpha value is -4.21. The number of carbonyl (C=O) groups is 1. The fraction of sp³-hybridized carbons (Fsp3) is 0.233. The van der Waals surface area contributed by atoms with E-state index in [9.17, 15) is 4.79 Å². The van der Waals surface area contributed by atoms with Gasteiger partial charge in [0.25, 0.3) is 0 Å². The molecule has 0 unspecified atom stereocenters. The first-order valence-electron chi connectivity index (χ1n) is 12.9. The van der Waals surface area contributed by atoms with Gasteiger partial charge in [-0.3, -0.25) is 4.98 Å². The van der Waals surface area contributed by atoms with Gasteiger partial charge in [-0.05, 0) is 85.0 Å². The van der Waals surface area contributed by atoms with Crippen molar-refractivity contribution in [1.29, 1.82) is 0 Å². The van der Waals surface area contributed by atoms with Gasteiger partial charge < -0.3 is 29.2 Å². The third-order valence-electron chi connectivity index (χ3n) is 7.25. The molecule has 2 aromatic heterocycles. The van der Waals surface area contributed by atoms with Crippen molar-refractivity contribution in [2.75, 3.05) is 43.2 Å². The van der Waals surface area contributed by atoms with Crippen LogP contribution >= 0.6 is 12.2 Å². The van der Waals surface area contributed by atoms with Gasteiger partial charge in [0.1, 0.15) is 6.04 Å². The summed E-state index contributed by atoms with van der Waals surface area (Å²) in [6, 6.07) is 25.7. The smallest absolute Gasteiger partial charge is 0.337 e. The number of hydrogen-bond acceptors (Lipinski definition) is 6. The molecular formula is C30H29N5O3S. The van der Waals surface area contributed by atoms with Gasteiger partial charge in [-0.2, -0.15) is 0 Å². The zero-order chi connectivity index (χ0) is 26.8. The fourth-order valence-corrected chi connectivity index (χ4v) is 5.67. The van der Waals surface area contributed by atoms with Crippen molar-refractivity contribution in [3.05, 3.63) is 108 Å². The second-order valence-electron chi connectivity index (χ2n) is 9.45. The molecule has 6 rings (SSSR count). The number of aromatic nitrogens is 2. The highest BCUT2D eigenvalue weighted by atomic mass is 32.1. The number of esters is 1. The lowest BCUT2D eigenvalue weighted by Gasteiger charge is -2.31. The minimum absolute atomic E-state index is 0.166. The molecule has 2 aliphatic rings. The lowest BCUT2D eigenvalue weighted by Crippen LogP contribution is -2.36. The van der Waals surface area contributed by atoms with Crippen molar-refractivity contribution >= 4 is 34.7 Å². The predicted octanol–water partition coefficient (Wildman–Crippen LogP) is 4.67. The standard InChI is InChI=1S/C30H29N5O3S/c1-37-29(36)21-7-9-23(10-8-21)34-16-4-6-26(34)28-27(25-5-2-3-15-31-25)32-30(39)35(28)24-13-11-22(12-14-24)33-17-19-38-20-18-33/h2-16,27-28H,17-20H2,1H3,(H,32,39)/t27-,28+/m1/s1. The van der Waals surface area contributed by atoms with Gasteiger partial charge in [0, 0.05) is 48.2 Å². The maximum absolute atomic E-state index is 12.0. The lowest BCUT2D eigenvalue weighted by atomic mass is 10.0. The number of methoxy groups -OCH3 is 1. The topological polar surface area (TPSA) is 71.9 Å². The van der Waals surface area contributed by atoms with E-state index in [1.165, 1.54) is 12.8 Å². The Morgan fingerprint density at radius 1 is 0.949 bits per heavy atom. The third-order valence-corrected chi connectivity index (χ3v) is 7.57. The Balaban J connectivity index is 1.39. The molecule has 8 nitrogen and oxygen atoms in total. The van der Waals surface area contributed by atoms with E-state index in [-0.39, 0.29) is 18.1 Å². The van der Waals surface area contributed by atoms with Crippen molar-refractivity contribution < 1.29 is 14.3 Å². The maximum Gasteiger partial charge on any atom is 0.337 e. The number of thiocarbonyl (C=S) groups is 1. The number of nitrogens with one attached hydrogen (secondary N) is 1. The highest BCUT2D eigenvalue weighted by molar-refractivity contribution is 7.80. The summed E-state index contributed by atoms with van der Waals surface area (Å²) in [6.07, 6.45) is 3.83. The summed E-state index contributed by atoms with van der Waals surface area (Å²) in [7, 11) is 1.39. The van der Waals surface area contributed by atoms with Crippen LogP contribution < -0.4 is 15.1 Å². The first-order chi connectivity index (χ1) is 19.1. The van der Waals surface area contributed by atoms with Crippen LogP contribution in [0.1, 0.15) is 33.8 Å². The molecule has 0 amide bonds. The second kappa shape index (κ2) is 10.9. The highest BCUT2D eigenvalue weighted by Crippen LogP contribution is 2.42. The molecule has 0 saturated carbocycles. The molecule has 4 aromatic rings. The molecule has 9 heteroatoms. The molecule has 1 N–H and O–H groups in total. The van der Waals surface area contributed by atoms with E-state index in [4.69, 9.17) is 21.7 Å². The number of nitrogens with zero attached hydrogens (tertiary/aromatic N) is 4. The average Bonchev–Trinajstić information content (AvgIpc) is 3.62. The SMILES string of the molecule is COC(=O)c1ccc(-n2cccc2[C@H]2[C@@H](c3ccccn3)NC(=S)N2c2ccc(N3CCOCC3)cc2)cc1. The van der Waals surface area contributed by atoms with E-state index < -0.39 is 0 Å². The Kier molecular flexibility index (Phi) is 7.00. The van der Waals surface area contributed by atoms with Crippen LogP contribution in [0.5, 0.6) is 0 Å². The number of morpholine rings is 1. The maximum atomic E-state index is 12.0. The normalized spacial score (nSPS) is 19.2. The minimum atomic E-state index is -0.360. The van der Waals surface area contributed by atoms with Crippen LogP contribution in [0.25, 0.3) is 5.69 Å². The summed E-state index contributed by atoms with van der Waals surface area (Å²) >= 11 is 5.93. The van der Waals surface area contributed by atoms with E-state index in [2.05, 4.69) is 55.0 Å². The average molecular weight is 540 g/mol. The van der Waals surface area contributed by atoms with Crippen LogP contribution in [-0.2, 0) is 9.47 Å². The lowest BCUT2D eigenvalue weighted by molar-refractivity contribution is 0.0600. The summed E-state index contributed by atoms with van der Waals surface area (Å²) < 4.78 is 12.5. The Morgan fingerprint density at radius 3 is 2.36 bits per heavy atom. The Morgan fingerprint density at radius 2 is 1.67 bits per heavy atom. The van der Waals surface area contributed by atoms with Crippen molar-refractivity contribution in [2.24, 2.45) is 0 Å². The first kappa shape index (κ1) is 25.1. The third kappa shape index (κ3) is 4.86. The molecule has 2 aromatic carbocycles. The van der Waals surface area contributed by atoms with Gasteiger partial charge in [-0.25, -0.2) is 4.79 Å². The van der Waals surface area contributed by atoms with Crippen molar-refractivity contribution in [3.63, 3.8) is 0 Å². The zero-order valence-corrected chi connectivity index (χ0v) is 22.4. The number of hydrogen-bond donors (Lipinski definition) is 1. The molecule has 2 aliphatic heterocycles. The summed E-state index contributed by atoms with van der Waals surface area (Å²) in [4.78, 5) is 21.2. The molecular weight excluding hydrogens is 510 g/mol. The summed E-state index contributed by atoms with van der Waals surface area (Å²) in [5, 5.41) is 4.18. The number of anilines is 2. The fourth-order valence-electron chi connectivity index (χ4n) is 5.33. The second-order valence-corrected chi connectivity index (χ2v) is 9.84. The molecule has 0 spiro atoms. The van der Waals surface area contributed by atoms with E-state index in [1.54, 1.807) is 12.1 Å². The number of benzene rings is 2. The van der Waals surface area contributed by atoms with E-state index in [0.29, 0.717) is 10.7 Å². The Bertz CT molecular complexity index is 1450. The molecule has 4 heterocycles. The molecule has 2 atom stereocenters. The van der Waals surface area contributed by atoms with Gasteiger partial charge in [0.2, 0.25) is 0 Å². The Labute approximate surface area is 232 Å². The van der Waals surface area contributed by atoms with Crippen LogP contribution in [-0.4, -0.2) is 54.0 Å². The number of carbonyl (C=O) groups excluding carboxylic acids is 1. The zero-order valence-electron chi connectivity index (χ0n) is 21.6. The van der Waals surface area contributed by atoms with E-state index in [1.807, 2.05) is 48.8 Å². The number of ether oxygens (including phenoxy) is 2. The summed E-state index contributed by atoms with van der Waals surface area (Å²) in [5.74, 6) is -0.360.